The van der Waals surface area contributed by atoms with Gasteiger partial charge in [-0.3, -0.25) is 9.59 Å². The number of aromatic nitrogens is 1. The highest BCUT2D eigenvalue weighted by Gasteiger charge is 2.48. The van der Waals surface area contributed by atoms with Crippen LogP contribution >= 0.6 is 11.3 Å². The van der Waals surface area contributed by atoms with Crippen molar-refractivity contribution in [3.8, 4) is 0 Å². The van der Waals surface area contributed by atoms with Gasteiger partial charge in [0.1, 0.15) is 11.2 Å². The first-order valence-electron chi connectivity index (χ1n) is 12.2. The SMILES string of the molecule is C[C@@H](CN1C(=O)c2cc3sccc3n2C[C@@]1(C)C(=O)NC1CCCCCC1)c1ccccc1. The van der Waals surface area contributed by atoms with Crippen molar-refractivity contribution >= 4 is 33.4 Å². The maximum atomic E-state index is 13.9. The van der Waals surface area contributed by atoms with Crippen LogP contribution in [0.25, 0.3) is 10.2 Å². The van der Waals surface area contributed by atoms with Gasteiger partial charge in [0.15, 0.2) is 0 Å². The van der Waals surface area contributed by atoms with Crippen molar-refractivity contribution in [1.82, 2.24) is 14.8 Å². The van der Waals surface area contributed by atoms with Gasteiger partial charge < -0.3 is 14.8 Å². The standard InChI is InChI=1S/C27H33N3O2S/c1-19(20-10-6-5-7-11-20)17-30-25(31)23-16-24-22(14-15-33-24)29(23)18-27(30,2)26(32)28-21-12-8-3-4-9-13-21/h5-7,10-11,14-16,19,21H,3-4,8-9,12-13,17-18H2,1-2H3,(H,28,32)/t19-,27-/m0/s1. The summed E-state index contributed by atoms with van der Waals surface area (Å²) < 4.78 is 3.16. The first-order chi connectivity index (χ1) is 16.0. The Balaban J connectivity index is 1.49. The van der Waals surface area contributed by atoms with Crippen LogP contribution in [-0.2, 0) is 11.3 Å². The summed E-state index contributed by atoms with van der Waals surface area (Å²) in [6, 6.07) is 14.5. The predicted octanol–water partition coefficient (Wildman–Crippen LogP) is 5.56. The molecule has 3 aromatic rings. The first kappa shape index (κ1) is 22.2. The maximum absolute atomic E-state index is 13.9. The topological polar surface area (TPSA) is 54.3 Å². The molecule has 0 bridgehead atoms. The van der Waals surface area contributed by atoms with E-state index in [1.807, 2.05) is 36.1 Å². The Hall–Kier alpha value is -2.60. The Bertz CT molecular complexity index is 1140. The summed E-state index contributed by atoms with van der Waals surface area (Å²) in [6.07, 6.45) is 6.86. The third-order valence-electron chi connectivity index (χ3n) is 7.55. The molecule has 0 radical (unpaired) electrons. The number of rotatable bonds is 5. The van der Waals surface area contributed by atoms with Crippen LogP contribution in [0.3, 0.4) is 0 Å². The molecule has 1 N–H and O–H groups in total. The lowest BCUT2D eigenvalue weighted by Crippen LogP contribution is -2.65. The molecule has 2 aliphatic rings. The maximum Gasteiger partial charge on any atom is 0.271 e. The molecule has 1 aliphatic carbocycles. The zero-order valence-electron chi connectivity index (χ0n) is 19.5. The van der Waals surface area contributed by atoms with E-state index in [0.717, 1.165) is 35.9 Å². The Labute approximate surface area is 199 Å². The minimum absolute atomic E-state index is 0.0225. The van der Waals surface area contributed by atoms with Crippen LogP contribution in [0.5, 0.6) is 0 Å². The lowest BCUT2D eigenvalue weighted by atomic mass is 9.91. The van der Waals surface area contributed by atoms with Gasteiger partial charge in [0.25, 0.3) is 5.91 Å². The van der Waals surface area contributed by atoms with E-state index in [-0.39, 0.29) is 23.8 Å². The van der Waals surface area contributed by atoms with Gasteiger partial charge in [-0.1, -0.05) is 62.9 Å². The molecule has 1 saturated carbocycles. The van der Waals surface area contributed by atoms with Crippen molar-refractivity contribution in [2.45, 2.75) is 76.4 Å². The van der Waals surface area contributed by atoms with Gasteiger partial charge in [0, 0.05) is 12.6 Å². The third kappa shape index (κ3) is 4.10. The molecule has 5 rings (SSSR count). The predicted molar refractivity (Wildman–Crippen MR) is 134 cm³/mol. The van der Waals surface area contributed by atoms with Gasteiger partial charge in [0.05, 0.1) is 16.8 Å². The number of carbonyl (C=O) groups is 2. The molecule has 2 amide bonds. The van der Waals surface area contributed by atoms with Gasteiger partial charge >= 0.3 is 0 Å². The molecular weight excluding hydrogens is 430 g/mol. The lowest BCUT2D eigenvalue weighted by molar-refractivity contribution is -0.133. The molecule has 5 nitrogen and oxygen atoms in total. The van der Waals surface area contributed by atoms with Crippen LogP contribution in [0.4, 0.5) is 0 Å². The molecule has 0 spiro atoms. The minimum Gasteiger partial charge on any atom is -0.351 e. The smallest absolute Gasteiger partial charge is 0.271 e. The van der Waals surface area contributed by atoms with Crippen molar-refractivity contribution < 1.29 is 9.59 Å². The van der Waals surface area contributed by atoms with Crippen LogP contribution in [0.15, 0.2) is 47.8 Å². The van der Waals surface area contributed by atoms with Crippen molar-refractivity contribution in [2.24, 2.45) is 0 Å². The molecule has 2 atom stereocenters. The molecule has 0 saturated heterocycles. The molecule has 1 fully saturated rings. The van der Waals surface area contributed by atoms with E-state index in [1.54, 1.807) is 11.3 Å². The molecule has 33 heavy (non-hydrogen) atoms. The van der Waals surface area contributed by atoms with Crippen molar-refractivity contribution in [1.29, 1.82) is 0 Å². The van der Waals surface area contributed by atoms with E-state index in [0.29, 0.717) is 18.8 Å². The van der Waals surface area contributed by atoms with E-state index in [4.69, 9.17) is 0 Å². The summed E-state index contributed by atoms with van der Waals surface area (Å²) in [7, 11) is 0. The summed E-state index contributed by atoms with van der Waals surface area (Å²) >= 11 is 1.64. The number of nitrogens with zero attached hydrogens (tertiary/aromatic N) is 2. The van der Waals surface area contributed by atoms with Gasteiger partial charge in [0.2, 0.25) is 5.91 Å². The number of benzene rings is 1. The fourth-order valence-corrected chi connectivity index (χ4v) is 6.31. The number of nitrogens with one attached hydrogen (secondary N) is 1. The molecule has 1 aliphatic heterocycles. The van der Waals surface area contributed by atoms with E-state index >= 15 is 0 Å². The van der Waals surface area contributed by atoms with E-state index in [9.17, 15) is 9.59 Å². The van der Waals surface area contributed by atoms with Crippen molar-refractivity contribution in [3.05, 3.63) is 59.1 Å². The highest BCUT2D eigenvalue weighted by atomic mass is 32.1. The molecule has 174 valence electrons. The molecule has 6 heteroatoms. The molecule has 0 unspecified atom stereocenters. The van der Waals surface area contributed by atoms with Gasteiger partial charge in [-0.25, -0.2) is 0 Å². The van der Waals surface area contributed by atoms with Crippen molar-refractivity contribution in [2.75, 3.05) is 6.54 Å². The van der Waals surface area contributed by atoms with Crippen LogP contribution in [0.1, 0.15) is 74.3 Å². The number of hydrogen-bond acceptors (Lipinski definition) is 3. The summed E-state index contributed by atoms with van der Waals surface area (Å²) in [6.45, 7) is 5.08. The van der Waals surface area contributed by atoms with E-state index in [1.165, 1.54) is 18.4 Å². The summed E-state index contributed by atoms with van der Waals surface area (Å²) in [5.74, 6) is 0.0551. The first-order valence-corrected chi connectivity index (χ1v) is 13.1. The fourth-order valence-electron chi connectivity index (χ4n) is 5.48. The largest absolute Gasteiger partial charge is 0.351 e. The third-order valence-corrected chi connectivity index (χ3v) is 8.41. The van der Waals surface area contributed by atoms with Gasteiger partial charge in [-0.2, -0.15) is 0 Å². The second-order valence-electron chi connectivity index (χ2n) is 9.95. The number of fused-ring (bicyclic) bond motifs is 3. The Morgan fingerprint density at radius 2 is 1.88 bits per heavy atom. The van der Waals surface area contributed by atoms with Gasteiger partial charge in [-0.05, 0) is 48.8 Å². The summed E-state index contributed by atoms with van der Waals surface area (Å²) in [5.41, 5.74) is 1.98. The average Bonchev–Trinajstić information content (AvgIpc) is 3.31. The summed E-state index contributed by atoms with van der Waals surface area (Å²) in [5, 5.41) is 5.40. The second-order valence-corrected chi connectivity index (χ2v) is 10.9. The van der Waals surface area contributed by atoms with Crippen LogP contribution in [0.2, 0.25) is 0 Å². The molecule has 2 aromatic heterocycles. The minimum atomic E-state index is -0.937. The van der Waals surface area contributed by atoms with Crippen molar-refractivity contribution in [3.63, 3.8) is 0 Å². The quantitative estimate of drug-likeness (QED) is 0.504. The lowest BCUT2D eigenvalue weighted by Gasteiger charge is -2.45. The zero-order chi connectivity index (χ0) is 23.0. The Morgan fingerprint density at radius 3 is 2.61 bits per heavy atom. The second kappa shape index (κ2) is 8.98. The number of amides is 2. The normalized spacial score (nSPS) is 22.7. The Morgan fingerprint density at radius 1 is 1.15 bits per heavy atom. The van der Waals surface area contributed by atoms with Crippen LogP contribution in [0, 0.1) is 0 Å². The molecule has 3 heterocycles. The number of hydrogen-bond donors (Lipinski definition) is 1. The van der Waals surface area contributed by atoms with Crippen LogP contribution in [-0.4, -0.2) is 39.4 Å². The monoisotopic (exact) mass is 463 g/mol. The number of carbonyl (C=O) groups excluding carboxylic acids is 2. The van der Waals surface area contributed by atoms with E-state index < -0.39 is 5.54 Å². The van der Waals surface area contributed by atoms with Crippen LogP contribution < -0.4 is 5.32 Å². The summed E-state index contributed by atoms with van der Waals surface area (Å²) in [4.78, 5) is 29.6. The highest BCUT2D eigenvalue weighted by molar-refractivity contribution is 7.17. The van der Waals surface area contributed by atoms with E-state index in [2.05, 4.69) is 40.4 Å². The fraction of sp³-hybridized carbons (Fsp3) is 0.481. The zero-order valence-corrected chi connectivity index (χ0v) is 20.4. The average molecular weight is 464 g/mol. The highest BCUT2D eigenvalue weighted by Crippen LogP contribution is 2.36. The molecular formula is C27H33N3O2S. The number of thiophene rings is 1. The molecule has 1 aromatic carbocycles. The van der Waals surface area contributed by atoms with Gasteiger partial charge in [-0.15, -0.1) is 11.3 Å². The Kier molecular flexibility index (Phi) is 6.04.